The summed E-state index contributed by atoms with van der Waals surface area (Å²) in [6, 6.07) is 7.97. The van der Waals surface area contributed by atoms with Gasteiger partial charge in [-0.15, -0.1) is 22.0 Å². The van der Waals surface area contributed by atoms with Crippen LogP contribution in [0.25, 0.3) is 11.3 Å². The fourth-order valence-electron chi connectivity index (χ4n) is 4.69. The molecule has 2 aromatic heterocycles. The van der Waals surface area contributed by atoms with E-state index in [4.69, 9.17) is 11.6 Å². The third-order valence-electron chi connectivity index (χ3n) is 7.01. The van der Waals surface area contributed by atoms with E-state index in [2.05, 4.69) is 47.6 Å². The molecular weight excluding hydrogens is 543 g/mol. The average molecular weight is 573 g/mol. The minimum atomic E-state index is -0.478. The van der Waals surface area contributed by atoms with Crippen molar-refractivity contribution < 1.29 is 14.3 Å². The molecule has 0 radical (unpaired) electrons. The molecule has 0 spiro atoms. The topological polar surface area (TPSA) is 119 Å². The van der Waals surface area contributed by atoms with Crippen LogP contribution >= 0.6 is 23.4 Å². The van der Waals surface area contributed by atoms with Gasteiger partial charge < -0.3 is 20.6 Å². The lowest BCUT2D eigenvalue weighted by atomic mass is 9.78. The summed E-state index contributed by atoms with van der Waals surface area (Å²) >= 11 is 7.36. The number of aromatic nitrogens is 4. The standard InChI is InChI=1S/C26H30ClFN8O2S/c1-35-4-6-36(7-5-35)18-10-16(11-18)25(38)32-24-14-23(29-15-30-24)31-22-13-21(33-34-26(22)39-9-8-37)19-12-17(27)2-3-20(19)28/h2-3,12-16,18,37H,4-11H2,1H3,(H2,29,30,31,32,33,38). The van der Waals surface area contributed by atoms with Gasteiger partial charge in [0.05, 0.1) is 18.0 Å². The zero-order valence-corrected chi connectivity index (χ0v) is 23.1. The minimum Gasteiger partial charge on any atom is -0.396 e. The third kappa shape index (κ3) is 6.82. The number of rotatable bonds is 9. The van der Waals surface area contributed by atoms with Crippen molar-refractivity contribution in [1.82, 2.24) is 30.0 Å². The highest BCUT2D eigenvalue weighted by Gasteiger charge is 2.38. The number of carbonyl (C=O) groups excluding carboxylic acids is 1. The predicted octanol–water partition coefficient (Wildman–Crippen LogP) is 3.52. The second-order valence-electron chi connectivity index (χ2n) is 9.71. The smallest absolute Gasteiger partial charge is 0.228 e. The molecule has 3 aromatic rings. The van der Waals surface area contributed by atoms with Gasteiger partial charge in [0.1, 0.15) is 28.8 Å². The highest BCUT2D eigenvalue weighted by atomic mass is 35.5. The maximum Gasteiger partial charge on any atom is 0.228 e. The normalized spacial score (nSPS) is 19.9. The molecule has 0 atom stereocenters. The second-order valence-corrected chi connectivity index (χ2v) is 11.2. The van der Waals surface area contributed by atoms with Crippen molar-refractivity contribution in [1.29, 1.82) is 0 Å². The summed E-state index contributed by atoms with van der Waals surface area (Å²) < 4.78 is 14.5. The Morgan fingerprint density at radius 2 is 1.90 bits per heavy atom. The number of aliphatic hydroxyl groups is 1. The largest absolute Gasteiger partial charge is 0.396 e. The van der Waals surface area contributed by atoms with E-state index in [1.54, 1.807) is 12.1 Å². The molecular formula is C26H30ClFN8O2S. The number of hydrogen-bond acceptors (Lipinski definition) is 10. The molecule has 3 N–H and O–H groups in total. The Morgan fingerprint density at radius 3 is 2.67 bits per heavy atom. The number of nitrogens with one attached hydrogen (secondary N) is 2. The zero-order chi connectivity index (χ0) is 27.4. The van der Waals surface area contributed by atoms with Crippen LogP contribution in [0.1, 0.15) is 12.8 Å². The van der Waals surface area contributed by atoms with E-state index in [0.717, 1.165) is 39.0 Å². The summed E-state index contributed by atoms with van der Waals surface area (Å²) in [5.74, 6) is 0.633. The van der Waals surface area contributed by atoms with Crippen LogP contribution in [0.15, 0.2) is 41.7 Å². The molecule has 1 saturated heterocycles. The molecule has 1 aliphatic heterocycles. The van der Waals surface area contributed by atoms with Crippen molar-refractivity contribution in [2.24, 2.45) is 5.92 Å². The number of carbonyl (C=O) groups is 1. The molecule has 206 valence electrons. The first-order valence-electron chi connectivity index (χ1n) is 12.8. The summed E-state index contributed by atoms with van der Waals surface area (Å²) in [5, 5.41) is 24.6. The van der Waals surface area contributed by atoms with E-state index in [0.29, 0.717) is 39.2 Å². The van der Waals surface area contributed by atoms with Gasteiger partial charge in [0.25, 0.3) is 0 Å². The highest BCUT2D eigenvalue weighted by Crippen LogP contribution is 2.34. The molecule has 0 unspecified atom stereocenters. The highest BCUT2D eigenvalue weighted by molar-refractivity contribution is 7.99. The van der Waals surface area contributed by atoms with E-state index < -0.39 is 5.82 Å². The summed E-state index contributed by atoms with van der Waals surface area (Å²) in [5.41, 5.74) is 1.01. The average Bonchev–Trinajstić information content (AvgIpc) is 2.90. The predicted molar refractivity (Wildman–Crippen MR) is 150 cm³/mol. The lowest BCUT2D eigenvalue weighted by Gasteiger charge is -2.45. The van der Waals surface area contributed by atoms with Gasteiger partial charge in [0.2, 0.25) is 5.91 Å². The molecule has 2 aliphatic rings. The fourth-order valence-corrected chi connectivity index (χ4v) is 5.51. The Balaban J connectivity index is 1.27. The molecule has 1 saturated carbocycles. The van der Waals surface area contributed by atoms with Crippen LogP contribution in [0, 0.1) is 11.7 Å². The van der Waals surface area contributed by atoms with E-state index >= 15 is 0 Å². The number of thioether (sulfide) groups is 1. The molecule has 1 aromatic carbocycles. The van der Waals surface area contributed by atoms with Crippen molar-refractivity contribution in [2.75, 3.05) is 56.2 Å². The first-order chi connectivity index (χ1) is 18.9. The SMILES string of the molecule is CN1CCN(C2CC(C(=O)Nc3cc(Nc4cc(-c5cc(Cl)ccc5F)nnc4SCCO)ncn3)C2)CC1. The minimum absolute atomic E-state index is 0.0398. The number of nitrogens with zero attached hydrogens (tertiary/aromatic N) is 6. The molecule has 3 heterocycles. The van der Waals surface area contributed by atoms with Crippen LogP contribution in [-0.2, 0) is 4.79 Å². The van der Waals surface area contributed by atoms with Gasteiger partial charge in [-0.2, -0.15) is 0 Å². The number of halogens is 2. The quantitative estimate of drug-likeness (QED) is 0.329. The number of piperazine rings is 1. The lowest BCUT2D eigenvalue weighted by Crippen LogP contribution is -2.54. The molecule has 2 fully saturated rings. The Bertz CT molecular complexity index is 1320. The summed E-state index contributed by atoms with van der Waals surface area (Å²) in [6.07, 6.45) is 3.06. The summed E-state index contributed by atoms with van der Waals surface area (Å²) in [6.45, 7) is 4.17. The zero-order valence-electron chi connectivity index (χ0n) is 21.5. The Hall–Kier alpha value is -2.90. The molecule has 10 nitrogen and oxygen atoms in total. The van der Waals surface area contributed by atoms with Crippen LogP contribution in [-0.4, -0.2) is 92.6 Å². The van der Waals surface area contributed by atoms with Crippen molar-refractivity contribution in [2.45, 2.75) is 23.9 Å². The Morgan fingerprint density at radius 1 is 1.13 bits per heavy atom. The van der Waals surface area contributed by atoms with E-state index in [-0.39, 0.29) is 29.7 Å². The van der Waals surface area contributed by atoms with E-state index in [1.807, 2.05) is 0 Å². The molecule has 39 heavy (non-hydrogen) atoms. The van der Waals surface area contributed by atoms with E-state index in [1.165, 1.54) is 36.3 Å². The van der Waals surface area contributed by atoms with Gasteiger partial charge in [-0.05, 0) is 44.2 Å². The number of hydrogen-bond donors (Lipinski definition) is 3. The number of aliphatic hydroxyl groups excluding tert-OH is 1. The van der Waals surface area contributed by atoms with Crippen molar-refractivity contribution in [3.05, 3.63) is 47.5 Å². The lowest BCUT2D eigenvalue weighted by molar-refractivity contribution is -0.124. The fraction of sp³-hybridized carbons (Fsp3) is 0.423. The van der Waals surface area contributed by atoms with Crippen molar-refractivity contribution in [3.8, 4) is 11.3 Å². The van der Waals surface area contributed by atoms with Crippen molar-refractivity contribution >= 4 is 46.6 Å². The Labute approximate surface area is 235 Å². The monoisotopic (exact) mass is 572 g/mol. The van der Waals surface area contributed by atoms with Crippen LogP contribution in [0.3, 0.4) is 0 Å². The van der Waals surface area contributed by atoms with Gasteiger partial charge in [-0.3, -0.25) is 9.69 Å². The van der Waals surface area contributed by atoms with E-state index in [9.17, 15) is 14.3 Å². The maximum absolute atomic E-state index is 14.5. The van der Waals surface area contributed by atoms with Gasteiger partial charge in [-0.1, -0.05) is 11.6 Å². The molecule has 1 amide bonds. The molecule has 5 rings (SSSR count). The van der Waals surface area contributed by atoms with Gasteiger partial charge in [-0.25, -0.2) is 14.4 Å². The maximum atomic E-state index is 14.5. The number of anilines is 3. The molecule has 0 bridgehead atoms. The van der Waals surface area contributed by atoms with Crippen LogP contribution in [0.4, 0.5) is 21.7 Å². The summed E-state index contributed by atoms with van der Waals surface area (Å²) in [4.78, 5) is 26.2. The van der Waals surface area contributed by atoms with Gasteiger partial charge >= 0.3 is 0 Å². The molecule has 13 heteroatoms. The first kappa shape index (κ1) is 27.7. The number of benzene rings is 1. The van der Waals surface area contributed by atoms with Gasteiger partial charge in [0, 0.05) is 60.5 Å². The third-order valence-corrected chi connectivity index (χ3v) is 8.21. The van der Waals surface area contributed by atoms with Crippen LogP contribution in [0.2, 0.25) is 5.02 Å². The van der Waals surface area contributed by atoms with Crippen LogP contribution < -0.4 is 10.6 Å². The van der Waals surface area contributed by atoms with Crippen molar-refractivity contribution in [3.63, 3.8) is 0 Å². The first-order valence-corrected chi connectivity index (χ1v) is 14.2. The van der Waals surface area contributed by atoms with Crippen LogP contribution in [0.5, 0.6) is 0 Å². The Kier molecular flexibility index (Phi) is 8.88. The molecule has 1 aliphatic carbocycles. The number of amides is 1. The summed E-state index contributed by atoms with van der Waals surface area (Å²) in [7, 11) is 2.14. The van der Waals surface area contributed by atoms with Gasteiger partial charge in [0.15, 0.2) is 0 Å². The number of likely N-dealkylation sites (N-methyl/N-ethyl adjacent to an activating group) is 1. The second kappa shape index (κ2) is 12.5.